The van der Waals surface area contributed by atoms with E-state index in [1.165, 1.54) is 23.5 Å². The quantitative estimate of drug-likeness (QED) is 0.468. The van der Waals surface area contributed by atoms with Gasteiger partial charge in [-0.2, -0.15) is 0 Å². The number of amides is 1. The molecule has 0 spiro atoms. The summed E-state index contributed by atoms with van der Waals surface area (Å²) < 4.78 is 20.9. The number of piperidine rings is 1. The molecule has 33 heavy (non-hydrogen) atoms. The number of carbonyl (C=O) groups is 1. The van der Waals surface area contributed by atoms with Crippen LogP contribution in [0.4, 0.5) is 10.3 Å². The van der Waals surface area contributed by atoms with Crippen LogP contribution in [0.25, 0.3) is 10.2 Å². The Hall–Kier alpha value is -3.46. The Morgan fingerprint density at radius 1 is 1.24 bits per heavy atom. The number of aromatic nitrogens is 2. The Bertz CT molecular complexity index is 1310. The molecule has 7 nitrogen and oxygen atoms in total. The highest BCUT2D eigenvalue weighted by Gasteiger charge is 2.29. The first-order chi connectivity index (χ1) is 16.1. The van der Waals surface area contributed by atoms with Crippen molar-refractivity contribution in [2.75, 3.05) is 18.0 Å². The summed E-state index contributed by atoms with van der Waals surface area (Å²) in [6.45, 7) is 1.79. The smallest absolute Gasteiger partial charge is 0.273 e. The Labute approximate surface area is 193 Å². The van der Waals surface area contributed by atoms with Gasteiger partial charge in [-0.15, -0.1) is 11.3 Å². The second-order valence-electron chi connectivity index (χ2n) is 8.15. The zero-order valence-corrected chi connectivity index (χ0v) is 18.7. The molecule has 4 aromatic rings. The van der Waals surface area contributed by atoms with Crippen molar-refractivity contribution in [3.63, 3.8) is 0 Å². The number of nitrogens with one attached hydrogen (secondary N) is 1. The summed E-state index contributed by atoms with van der Waals surface area (Å²) in [5.74, 6) is 0.660. The first-order valence-electron chi connectivity index (χ1n) is 10.9. The van der Waals surface area contributed by atoms with E-state index in [4.69, 9.17) is 9.40 Å². The Balaban J connectivity index is 1.42. The average Bonchev–Trinajstić information content (AvgIpc) is 3.53. The van der Waals surface area contributed by atoms with E-state index >= 15 is 0 Å². The van der Waals surface area contributed by atoms with Gasteiger partial charge < -0.3 is 14.6 Å². The number of carbonyl (C=O) groups excluding carboxylic acids is 1. The maximum atomic E-state index is 13.4. The molecule has 1 aliphatic heterocycles. The van der Waals surface area contributed by atoms with E-state index in [2.05, 4.69) is 5.32 Å². The highest BCUT2D eigenvalue weighted by Crippen LogP contribution is 2.25. The number of benzene rings is 1. The molecule has 1 N–H and O–H groups in total. The fourth-order valence-corrected chi connectivity index (χ4v) is 4.97. The maximum Gasteiger partial charge on any atom is 0.273 e. The van der Waals surface area contributed by atoms with Crippen LogP contribution in [-0.2, 0) is 17.9 Å². The molecule has 5 rings (SSSR count). The van der Waals surface area contributed by atoms with Crippen LogP contribution in [0.1, 0.15) is 24.2 Å². The molecule has 1 amide bonds. The largest absolute Gasteiger partial charge is 0.467 e. The van der Waals surface area contributed by atoms with Gasteiger partial charge in [-0.3, -0.25) is 14.2 Å². The summed E-state index contributed by atoms with van der Waals surface area (Å²) in [6, 6.07) is 11.6. The highest BCUT2D eigenvalue weighted by molar-refractivity contribution is 7.17. The van der Waals surface area contributed by atoms with Crippen LogP contribution in [-0.4, -0.2) is 28.5 Å². The average molecular weight is 467 g/mol. The number of halogens is 1. The van der Waals surface area contributed by atoms with E-state index in [-0.39, 0.29) is 29.7 Å². The molecule has 1 fully saturated rings. The molecule has 0 radical (unpaired) electrons. The molecule has 0 bridgehead atoms. The number of furan rings is 1. The van der Waals surface area contributed by atoms with Crippen molar-refractivity contribution in [3.8, 4) is 0 Å². The fourth-order valence-electron chi connectivity index (χ4n) is 4.19. The van der Waals surface area contributed by atoms with Crippen LogP contribution < -0.4 is 15.8 Å². The second kappa shape index (κ2) is 9.19. The Morgan fingerprint density at radius 3 is 2.88 bits per heavy atom. The first-order valence-corrected chi connectivity index (χ1v) is 11.7. The standard InChI is InChI=1S/C24H23FN4O3S/c25-18-7-5-16(6-8-18)14-29-23(31)21-20(9-12-33-21)27-24(29)28-10-1-3-17(15-28)22(30)26-13-19-4-2-11-32-19/h2,4-9,11-12,17H,1,3,10,13-15H2,(H,26,30)/t17-/m1/s1. The van der Waals surface area contributed by atoms with Gasteiger partial charge >= 0.3 is 0 Å². The molecule has 1 aromatic carbocycles. The molecule has 1 saturated heterocycles. The molecule has 1 aliphatic rings. The number of nitrogens with zero attached hydrogens (tertiary/aromatic N) is 3. The van der Waals surface area contributed by atoms with Crippen molar-refractivity contribution in [1.82, 2.24) is 14.9 Å². The minimum absolute atomic E-state index is 0.0415. The zero-order valence-electron chi connectivity index (χ0n) is 17.9. The van der Waals surface area contributed by atoms with E-state index in [1.54, 1.807) is 29.0 Å². The van der Waals surface area contributed by atoms with E-state index in [0.717, 1.165) is 18.4 Å². The lowest BCUT2D eigenvalue weighted by Gasteiger charge is -2.34. The SMILES string of the molecule is O=C(NCc1ccco1)[C@@H]1CCCN(c2nc3ccsc3c(=O)n2Cc2ccc(F)cc2)C1. The van der Waals surface area contributed by atoms with Gasteiger partial charge in [0.25, 0.3) is 5.56 Å². The number of anilines is 1. The molecule has 0 saturated carbocycles. The molecule has 4 heterocycles. The van der Waals surface area contributed by atoms with Gasteiger partial charge in [0.1, 0.15) is 16.3 Å². The lowest BCUT2D eigenvalue weighted by Crippen LogP contribution is -2.45. The molecular weight excluding hydrogens is 443 g/mol. The number of hydrogen-bond donors (Lipinski definition) is 1. The third-order valence-electron chi connectivity index (χ3n) is 5.89. The summed E-state index contributed by atoms with van der Waals surface area (Å²) in [5.41, 5.74) is 1.33. The molecular formula is C24H23FN4O3S. The van der Waals surface area contributed by atoms with Gasteiger partial charge in [-0.05, 0) is 54.1 Å². The van der Waals surface area contributed by atoms with Crippen molar-refractivity contribution in [2.45, 2.75) is 25.9 Å². The molecule has 3 aromatic heterocycles. The summed E-state index contributed by atoms with van der Waals surface area (Å²) in [6.07, 6.45) is 3.16. The van der Waals surface area contributed by atoms with Crippen molar-refractivity contribution in [1.29, 1.82) is 0 Å². The van der Waals surface area contributed by atoms with Gasteiger partial charge in [0.15, 0.2) is 0 Å². The molecule has 0 aliphatic carbocycles. The number of fused-ring (bicyclic) bond motifs is 1. The summed E-state index contributed by atoms with van der Waals surface area (Å²) in [4.78, 5) is 32.9. The van der Waals surface area contributed by atoms with Gasteiger partial charge in [0.05, 0.1) is 30.8 Å². The lowest BCUT2D eigenvalue weighted by molar-refractivity contribution is -0.125. The lowest BCUT2D eigenvalue weighted by atomic mass is 9.97. The molecule has 1 atom stereocenters. The summed E-state index contributed by atoms with van der Waals surface area (Å²) in [5, 5.41) is 4.79. The van der Waals surface area contributed by atoms with Gasteiger partial charge in [-0.25, -0.2) is 9.37 Å². The highest BCUT2D eigenvalue weighted by atomic mass is 32.1. The fraction of sp³-hybridized carbons (Fsp3) is 0.292. The summed E-state index contributed by atoms with van der Waals surface area (Å²) in [7, 11) is 0. The van der Waals surface area contributed by atoms with E-state index in [0.29, 0.717) is 41.6 Å². The van der Waals surface area contributed by atoms with E-state index < -0.39 is 0 Å². The number of thiophene rings is 1. The second-order valence-corrected chi connectivity index (χ2v) is 9.06. The van der Waals surface area contributed by atoms with Crippen LogP contribution in [0.15, 0.2) is 63.3 Å². The van der Waals surface area contributed by atoms with Gasteiger partial charge in [0, 0.05) is 13.1 Å². The monoisotopic (exact) mass is 466 g/mol. The predicted octanol–water partition coefficient (Wildman–Crippen LogP) is 3.77. The number of rotatable bonds is 6. The summed E-state index contributed by atoms with van der Waals surface area (Å²) >= 11 is 1.36. The van der Waals surface area contributed by atoms with Crippen molar-refractivity contribution < 1.29 is 13.6 Å². The third-order valence-corrected chi connectivity index (χ3v) is 6.78. The zero-order chi connectivity index (χ0) is 22.8. The molecule has 9 heteroatoms. The molecule has 0 unspecified atom stereocenters. The number of hydrogen-bond acceptors (Lipinski definition) is 6. The topological polar surface area (TPSA) is 80.4 Å². The van der Waals surface area contributed by atoms with Crippen LogP contribution >= 0.6 is 11.3 Å². The minimum Gasteiger partial charge on any atom is -0.467 e. The van der Waals surface area contributed by atoms with Crippen LogP contribution in [0.5, 0.6) is 0 Å². The third kappa shape index (κ3) is 4.54. The van der Waals surface area contributed by atoms with Crippen molar-refractivity contribution in [2.24, 2.45) is 5.92 Å². The van der Waals surface area contributed by atoms with E-state index in [9.17, 15) is 14.0 Å². The van der Waals surface area contributed by atoms with Gasteiger partial charge in [0.2, 0.25) is 11.9 Å². The minimum atomic E-state index is -0.322. The van der Waals surface area contributed by atoms with Crippen LogP contribution in [0.3, 0.4) is 0 Å². The van der Waals surface area contributed by atoms with Crippen molar-refractivity contribution in [3.05, 3.63) is 81.6 Å². The van der Waals surface area contributed by atoms with E-state index in [1.807, 2.05) is 22.4 Å². The van der Waals surface area contributed by atoms with Gasteiger partial charge in [-0.1, -0.05) is 12.1 Å². The first kappa shape index (κ1) is 21.4. The maximum absolute atomic E-state index is 13.4. The van der Waals surface area contributed by atoms with Crippen LogP contribution in [0.2, 0.25) is 0 Å². The Kier molecular flexibility index (Phi) is 5.95. The Morgan fingerprint density at radius 2 is 2.09 bits per heavy atom. The van der Waals surface area contributed by atoms with Crippen LogP contribution in [0, 0.1) is 11.7 Å². The molecule has 170 valence electrons. The van der Waals surface area contributed by atoms with Crippen molar-refractivity contribution >= 4 is 33.4 Å². The predicted molar refractivity (Wildman–Crippen MR) is 125 cm³/mol. The normalized spacial score (nSPS) is 16.3.